The molecule has 2 aromatic rings. The first-order chi connectivity index (χ1) is 10.6. The average molecular weight is 355 g/mol. The van der Waals surface area contributed by atoms with Crippen LogP contribution in [0.5, 0.6) is 0 Å². The number of thiazole rings is 1. The molecule has 1 amide bonds. The number of benzene rings is 1. The molecule has 1 fully saturated rings. The number of nitrogens with two attached hydrogens (primary N) is 1. The Morgan fingerprint density at radius 3 is 2.78 bits per heavy atom. The quantitative estimate of drug-likeness (QED) is 0.885. The van der Waals surface area contributed by atoms with E-state index in [-0.39, 0.29) is 24.4 Å². The van der Waals surface area contributed by atoms with E-state index in [9.17, 15) is 4.79 Å². The minimum Gasteiger partial charge on any atom is -0.328 e. The third-order valence-corrected chi connectivity index (χ3v) is 5.24. The fourth-order valence-electron chi connectivity index (χ4n) is 2.92. The van der Waals surface area contributed by atoms with Gasteiger partial charge in [-0.25, -0.2) is 4.98 Å². The van der Waals surface area contributed by atoms with Gasteiger partial charge in [0.05, 0.1) is 16.8 Å². The van der Waals surface area contributed by atoms with Gasteiger partial charge in [-0.05, 0) is 50.9 Å². The van der Waals surface area contributed by atoms with Gasteiger partial charge in [-0.1, -0.05) is 23.5 Å². The fraction of sp³-hybridized carbons (Fsp3) is 0.500. The number of carbonyl (C=O) groups is 1. The number of nitrogens with zero attached hydrogens (tertiary/aromatic N) is 2. The summed E-state index contributed by atoms with van der Waals surface area (Å²) in [5.74, 6) is 0.599. The van der Waals surface area contributed by atoms with E-state index in [1.807, 2.05) is 24.3 Å². The van der Waals surface area contributed by atoms with Crippen LogP contribution in [0.3, 0.4) is 0 Å². The number of nitrogens with one attached hydrogen (secondary N) is 1. The molecular formula is C16H23ClN4OS. The minimum atomic E-state index is 0. The molecule has 1 atom stereocenters. The van der Waals surface area contributed by atoms with Crippen LogP contribution in [0.2, 0.25) is 0 Å². The van der Waals surface area contributed by atoms with E-state index in [0.29, 0.717) is 17.6 Å². The van der Waals surface area contributed by atoms with Crippen molar-refractivity contribution in [3.05, 3.63) is 24.3 Å². The Kier molecular flexibility index (Phi) is 6.35. The maximum Gasteiger partial charge on any atom is 0.240 e. The highest BCUT2D eigenvalue weighted by atomic mass is 35.5. The summed E-state index contributed by atoms with van der Waals surface area (Å²) in [5.41, 5.74) is 6.88. The number of hydrogen-bond donors (Lipinski definition) is 2. The molecule has 2 heterocycles. The maximum absolute atomic E-state index is 12.2. The standard InChI is InChI=1S/C16H22N4OS.ClH/c1-11(17)12-6-8-20(9-7-12)10-15(21)19-16-18-13-4-2-3-5-14(13)22-16;/h2-5,11-12H,6-10,17H2,1H3,(H,18,19,21);1H. The summed E-state index contributed by atoms with van der Waals surface area (Å²) in [5, 5.41) is 3.59. The van der Waals surface area contributed by atoms with Crippen molar-refractivity contribution >= 4 is 45.0 Å². The number of piperidine rings is 1. The van der Waals surface area contributed by atoms with Gasteiger partial charge < -0.3 is 11.1 Å². The topological polar surface area (TPSA) is 71.2 Å². The monoisotopic (exact) mass is 354 g/mol. The maximum atomic E-state index is 12.2. The first kappa shape index (κ1) is 18.1. The number of halogens is 1. The number of likely N-dealkylation sites (tertiary alicyclic amines) is 1. The Balaban J connectivity index is 0.00000192. The molecule has 1 aromatic heterocycles. The Bertz CT molecular complexity index is 619. The van der Waals surface area contributed by atoms with Crippen LogP contribution in [0.1, 0.15) is 19.8 Å². The molecule has 0 bridgehead atoms. The highest BCUT2D eigenvalue weighted by Crippen LogP contribution is 2.25. The van der Waals surface area contributed by atoms with Gasteiger partial charge in [-0.2, -0.15) is 0 Å². The number of anilines is 1. The van der Waals surface area contributed by atoms with Gasteiger partial charge in [0.2, 0.25) is 5.91 Å². The summed E-state index contributed by atoms with van der Waals surface area (Å²) in [7, 11) is 0. The molecule has 3 N–H and O–H groups in total. The van der Waals surface area contributed by atoms with Gasteiger partial charge >= 0.3 is 0 Å². The summed E-state index contributed by atoms with van der Waals surface area (Å²) in [6.07, 6.45) is 2.15. The summed E-state index contributed by atoms with van der Waals surface area (Å²) in [4.78, 5) is 18.8. The van der Waals surface area contributed by atoms with Crippen LogP contribution in [0.15, 0.2) is 24.3 Å². The molecule has 5 nitrogen and oxygen atoms in total. The van der Waals surface area contributed by atoms with Crippen LogP contribution in [-0.2, 0) is 4.79 Å². The van der Waals surface area contributed by atoms with Crippen LogP contribution in [0.25, 0.3) is 10.2 Å². The summed E-state index contributed by atoms with van der Waals surface area (Å²) >= 11 is 1.51. The summed E-state index contributed by atoms with van der Waals surface area (Å²) in [6.45, 7) is 4.39. The van der Waals surface area contributed by atoms with Gasteiger partial charge in [-0.3, -0.25) is 9.69 Å². The normalized spacial score (nSPS) is 17.7. The van der Waals surface area contributed by atoms with E-state index in [2.05, 4.69) is 22.1 Å². The van der Waals surface area contributed by atoms with Crippen molar-refractivity contribution in [1.82, 2.24) is 9.88 Å². The molecule has 1 aliphatic heterocycles. The van der Waals surface area contributed by atoms with Gasteiger partial charge in [0.1, 0.15) is 0 Å². The zero-order chi connectivity index (χ0) is 15.5. The average Bonchev–Trinajstić information content (AvgIpc) is 2.89. The number of amides is 1. The molecule has 1 aliphatic rings. The molecule has 1 saturated heterocycles. The Morgan fingerprint density at radius 1 is 1.43 bits per heavy atom. The van der Waals surface area contributed by atoms with Crippen LogP contribution >= 0.6 is 23.7 Å². The van der Waals surface area contributed by atoms with Gasteiger partial charge in [0.25, 0.3) is 0 Å². The highest BCUT2D eigenvalue weighted by molar-refractivity contribution is 7.22. The predicted octanol–water partition coefficient (Wildman–Crippen LogP) is 2.72. The molecule has 0 aliphatic carbocycles. The van der Waals surface area contributed by atoms with Crippen LogP contribution in [-0.4, -0.2) is 41.5 Å². The lowest BCUT2D eigenvalue weighted by atomic mass is 9.91. The lowest BCUT2D eigenvalue weighted by Crippen LogP contribution is -2.42. The Morgan fingerprint density at radius 2 is 2.13 bits per heavy atom. The lowest BCUT2D eigenvalue weighted by molar-refractivity contribution is -0.117. The van der Waals surface area contributed by atoms with Crippen molar-refractivity contribution in [2.75, 3.05) is 25.0 Å². The van der Waals surface area contributed by atoms with E-state index in [4.69, 9.17) is 5.73 Å². The summed E-state index contributed by atoms with van der Waals surface area (Å²) < 4.78 is 1.09. The van der Waals surface area contributed by atoms with Crippen molar-refractivity contribution < 1.29 is 4.79 Å². The van der Waals surface area contributed by atoms with Gasteiger partial charge in [0.15, 0.2) is 5.13 Å². The number of rotatable bonds is 4. The number of para-hydroxylation sites is 1. The van der Waals surface area contributed by atoms with Gasteiger partial charge in [0, 0.05) is 6.04 Å². The van der Waals surface area contributed by atoms with Crippen molar-refractivity contribution in [2.45, 2.75) is 25.8 Å². The van der Waals surface area contributed by atoms with E-state index in [1.165, 1.54) is 11.3 Å². The Hall–Kier alpha value is -1.21. The Labute approximate surface area is 146 Å². The van der Waals surface area contributed by atoms with E-state index in [1.54, 1.807) is 0 Å². The second-order valence-corrected chi connectivity index (χ2v) is 7.04. The first-order valence-electron chi connectivity index (χ1n) is 7.75. The van der Waals surface area contributed by atoms with Crippen molar-refractivity contribution in [2.24, 2.45) is 11.7 Å². The smallest absolute Gasteiger partial charge is 0.240 e. The lowest BCUT2D eigenvalue weighted by Gasteiger charge is -2.33. The van der Waals surface area contributed by atoms with Gasteiger partial charge in [-0.15, -0.1) is 12.4 Å². The third kappa shape index (κ3) is 4.64. The number of carbonyl (C=O) groups excluding carboxylic acids is 1. The molecule has 1 aromatic carbocycles. The number of hydrogen-bond acceptors (Lipinski definition) is 5. The second-order valence-electron chi connectivity index (χ2n) is 6.01. The molecule has 1 unspecified atom stereocenters. The van der Waals surface area contributed by atoms with E-state index in [0.717, 1.165) is 36.1 Å². The van der Waals surface area contributed by atoms with E-state index >= 15 is 0 Å². The number of aromatic nitrogens is 1. The third-order valence-electron chi connectivity index (χ3n) is 4.28. The zero-order valence-electron chi connectivity index (χ0n) is 13.2. The van der Waals surface area contributed by atoms with Crippen molar-refractivity contribution in [3.8, 4) is 0 Å². The van der Waals surface area contributed by atoms with Crippen LogP contribution in [0, 0.1) is 5.92 Å². The number of fused-ring (bicyclic) bond motifs is 1. The van der Waals surface area contributed by atoms with Crippen LogP contribution in [0.4, 0.5) is 5.13 Å². The second kappa shape index (κ2) is 8.06. The van der Waals surface area contributed by atoms with Crippen LogP contribution < -0.4 is 11.1 Å². The molecular weight excluding hydrogens is 332 g/mol. The fourth-order valence-corrected chi connectivity index (χ4v) is 3.81. The molecule has 0 spiro atoms. The molecule has 7 heteroatoms. The SMILES string of the molecule is CC(N)C1CCN(CC(=O)Nc2nc3ccccc3s2)CC1.Cl. The molecule has 3 rings (SSSR count). The highest BCUT2D eigenvalue weighted by Gasteiger charge is 2.23. The molecule has 0 saturated carbocycles. The first-order valence-corrected chi connectivity index (χ1v) is 8.57. The predicted molar refractivity (Wildman–Crippen MR) is 98.3 cm³/mol. The van der Waals surface area contributed by atoms with Crippen molar-refractivity contribution in [1.29, 1.82) is 0 Å². The molecule has 23 heavy (non-hydrogen) atoms. The largest absolute Gasteiger partial charge is 0.328 e. The van der Waals surface area contributed by atoms with E-state index < -0.39 is 0 Å². The zero-order valence-corrected chi connectivity index (χ0v) is 14.8. The van der Waals surface area contributed by atoms with Crippen molar-refractivity contribution in [3.63, 3.8) is 0 Å². The minimum absolute atomic E-state index is 0. The molecule has 0 radical (unpaired) electrons. The molecule has 126 valence electrons. The summed E-state index contributed by atoms with van der Waals surface area (Å²) in [6, 6.07) is 8.16.